The van der Waals surface area contributed by atoms with E-state index in [2.05, 4.69) is 20.5 Å². The maximum Gasteiger partial charge on any atom is 0.272 e. The van der Waals surface area contributed by atoms with Crippen molar-refractivity contribution in [2.45, 2.75) is 6.54 Å². The third-order valence-electron chi connectivity index (χ3n) is 2.87. The third kappa shape index (κ3) is 3.09. The first-order valence-electron chi connectivity index (χ1n) is 6.28. The van der Waals surface area contributed by atoms with E-state index in [0.29, 0.717) is 11.4 Å². The molecule has 0 aromatic carbocycles. The van der Waals surface area contributed by atoms with Crippen molar-refractivity contribution in [3.8, 4) is 10.6 Å². The first-order valence-corrected chi connectivity index (χ1v) is 7.16. The number of carbonyl (C=O) groups is 1. The molecule has 3 heterocycles. The van der Waals surface area contributed by atoms with Crippen LogP contribution in [0.4, 0.5) is 0 Å². The summed E-state index contributed by atoms with van der Waals surface area (Å²) in [5, 5.41) is 11.5. The molecule has 3 aromatic heterocycles. The standard InChI is InChI=1S/C14H12N4O2S/c19-13-5-1-3-9(16-13)8-15-14(20)11-7-10(17-18-11)12-4-2-6-21-12/h1-7H,8H2,(H,15,20)(H,16,19)(H,17,18). The zero-order valence-corrected chi connectivity index (χ0v) is 11.7. The molecule has 0 unspecified atom stereocenters. The summed E-state index contributed by atoms with van der Waals surface area (Å²) in [7, 11) is 0. The molecule has 6 nitrogen and oxygen atoms in total. The second-order valence-electron chi connectivity index (χ2n) is 4.37. The molecule has 3 rings (SSSR count). The van der Waals surface area contributed by atoms with Gasteiger partial charge in [0.15, 0.2) is 5.69 Å². The molecule has 0 atom stereocenters. The number of aromatic nitrogens is 3. The van der Waals surface area contributed by atoms with Crippen molar-refractivity contribution < 1.29 is 4.79 Å². The van der Waals surface area contributed by atoms with Crippen LogP contribution < -0.4 is 10.9 Å². The number of hydrogen-bond acceptors (Lipinski definition) is 4. The molecule has 3 N–H and O–H groups in total. The van der Waals surface area contributed by atoms with Gasteiger partial charge >= 0.3 is 0 Å². The van der Waals surface area contributed by atoms with Crippen molar-refractivity contribution in [1.29, 1.82) is 0 Å². The van der Waals surface area contributed by atoms with Crippen molar-refractivity contribution in [2.75, 3.05) is 0 Å². The molecular formula is C14H12N4O2S. The first-order chi connectivity index (χ1) is 10.2. The Morgan fingerprint density at radius 1 is 1.29 bits per heavy atom. The summed E-state index contributed by atoms with van der Waals surface area (Å²) < 4.78 is 0. The van der Waals surface area contributed by atoms with Gasteiger partial charge in [-0.15, -0.1) is 11.3 Å². The number of thiophene rings is 1. The lowest BCUT2D eigenvalue weighted by Gasteiger charge is -2.02. The molecule has 0 saturated carbocycles. The van der Waals surface area contributed by atoms with E-state index in [9.17, 15) is 9.59 Å². The minimum Gasteiger partial charge on any atom is -0.345 e. The van der Waals surface area contributed by atoms with Crippen molar-refractivity contribution in [3.05, 3.63) is 63.5 Å². The number of hydrogen-bond donors (Lipinski definition) is 3. The Labute approximate surface area is 123 Å². The average molecular weight is 300 g/mol. The van der Waals surface area contributed by atoms with Crippen LogP contribution in [-0.2, 0) is 6.54 Å². The third-order valence-corrected chi connectivity index (χ3v) is 3.77. The van der Waals surface area contributed by atoms with Gasteiger partial charge in [0.05, 0.1) is 17.1 Å². The Kier molecular flexibility index (Phi) is 3.65. The minimum atomic E-state index is -0.293. The van der Waals surface area contributed by atoms with Crippen molar-refractivity contribution in [2.24, 2.45) is 0 Å². The second-order valence-corrected chi connectivity index (χ2v) is 5.31. The SMILES string of the molecule is O=C(NCc1cccc(=O)[nH]1)c1cc(-c2cccs2)[nH]n1. The van der Waals surface area contributed by atoms with E-state index < -0.39 is 0 Å². The van der Waals surface area contributed by atoms with Gasteiger partial charge in [0, 0.05) is 11.8 Å². The number of aromatic amines is 2. The van der Waals surface area contributed by atoms with Gasteiger partial charge in [-0.2, -0.15) is 5.10 Å². The van der Waals surface area contributed by atoms with E-state index in [0.717, 1.165) is 10.6 Å². The van der Waals surface area contributed by atoms with Crippen LogP contribution >= 0.6 is 11.3 Å². The molecule has 7 heteroatoms. The molecule has 0 radical (unpaired) electrons. The molecule has 0 saturated heterocycles. The number of nitrogens with zero attached hydrogens (tertiary/aromatic N) is 1. The predicted molar refractivity (Wildman–Crippen MR) is 80.1 cm³/mol. The summed E-state index contributed by atoms with van der Waals surface area (Å²) in [5.41, 5.74) is 1.58. The van der Waals surface area contributed by atoms with Gasteiger partial charge < -0.3 is 10.3 Å². The maximum absolute atomic E-state index is 12.0. The quantitative estimate of drug-likeness (QED) is 0.685. The van der Waals surface area contributed by atoms with E-state index >= 15 is 0 Å². The summed E-state index contributed by atoms with van der Waals surface area (Å²) in [6, 6.07) is 10.4. The van der Waals surface area contributed by atoms with Gasteiger partial charge in [-0.1, -0.05) is 12.1 Å². The molecule has 21 heavy (non-hydrogen) atoms. The van der Waals surface area contributed by atoms with Gasteiger partial charge in [-0.25, -0.2) is 0 Å². The molecule has 0 spiro atoms. The monoisotopic (exact) mass is 300 g/mol. The number of pyridine rings is 1. The second kappa shape index (κ2) is 5.76. The largest absolute Gasteiger partial charge is 0.345 e. The fourth-order valence-corrected chi connectivity index (χ4v) is 2.55. The molecule has 0 bridgehead atoms. The smallest absolute Gasteiger partial charge is 0.272 e. The lowest BCUT2D eigenvalue weighted by Crippen LogP contribution is -2.24. The molecule has 0 fully saturated rings. The summed E-state index contributed by atoms with van der Waals surface area (Å²) in [5.74, 6) is -0.293. The van der Waals surface area contributed by atoms with Crippen LogP contribution in [0.15, 0.2) is 46.6 Å². The number of nitrogens with one attached hydrogen (secondary N) is 3. The number of carbonyl (C=O) groups excluding carboxylic acids is 1. The molecule has 0 aliphatic rings. The highest BCUT2D eigenvalue weighted by Crippen LogP contribution is 2.22. The molecule has 106 valence electrons. The Hall–Kier alpha value is -2.67. The zero-order valence-electron chi connectivity index (χ0n) is 10.9. The molecule has 1 amide bonds. The minimum absolute atomic E-state index is 0.193. The van der Waals surface area contributed by atoms with Crippen LogP contribution in [0.2, 0.25) is 0 Å². The highest BCUT2D eigenvalue weighted by atomic mass is 32.1. The predicted octanol–water partition coefficient (Wildman–Crippen LogP) is 1.76. The van der Waals surface area contributed by atoms with Crippen molar-refractivity contribution in [3.63, 3.8) is 0 Å². The van der Waals surface area contributed by atoms with Gasteiger partial charge in [-0.3, -0.25) is 14.7 Å². The Balaban J connectivity index is 1.67. The first kappa shape index (κ1) is 13.3. The van der Waals surface area contributed by atoms with Gasteiger partial charge in [0.25, 0.3) is 5.91 Å². The molecule has 3 aromatic rings. The topological polar surface area (TPSA) is 90.6 Å². The van der Waals surface area contributed by atoms with E-state index in [1.807, 2.05) is 17.5 Å². The normalized spacial score (nSPS) is 10.5. The van der Waals surface area contributed by atoms with Crippen LogP contribution in [0.3, 0.4) is 0 Å². The number of rotatable bonds is 4. The summed E-state index contributed by atoms with van der Waals surface area (Å²) >= 11 is 1.57. The zero-order chi connectivity index (χ0) is 14.7. The summed E-state index contributed by atoms with van der Waals surface area (Å²) in [6.45, 7) is 0.246. The molecule has 0 aliphatic heterocycles. The fraction of sp³-hybridized carbons (Fsp3) is 0.0714. The van der Waals surface area contributed by atoms with Crippen LogP contribution in [0.1, 0.15) is 16.2 Å². The van der Waals surface area contributed by atoms with Crippen LogP contribution in [0.25, 0.3) is 10.6 Å². The maximum atomic E-state index is 12.0. The van der Waals surface area contributed by atoms with E-state index in [1.165, 1.54) is 6.07 Å². The lowest BCUT2D eigenvalue weighted by molar-refractivity contribution is 0.0945. The van der Waals surface area contributed by atoms with E-state index in [4.69, 9.17) is 0 Å². The molecule has 0 aliphatic carbocycles. The van der Waals surface area contributed by atoms with E-state index in [-0.39, 0.29) is 18.0 Å². The van der Waals surface area contributed by atoms with Crippen LogP contribution in [0.5, 0.6) is 0 Å². The van der Waals surface area contributed by atoms with Crippen LogP contribution in [-0.4, -0.2) is 21.1 Å². The van der Waals surface area contributed by atoms with Crippen molar-refractivity contribution in [1.82, 2.24) is 20.5 Å². The number of amides is 1. The van der Waals surface area contributed by atoms with Gasteiger partial charge in [-0.05, 0) is 23.6 Å². The average Bonchev–Trinajstić information content (AvgIpc) is 3.15. The number of H-pyrrole nitrogens is 2. The van der Waals surface area contributed by atoms with Crippen LogP contribution in [0, 0.1) is 0 Å². The Morgan fingerprint density at radius 2 is 2.19 bits per heavy atom. The van der Waals surface area contributed by atoms with Gasteiger partial charge in [0.1, 0.15) is 0 Å². The lowest BCUT2D eigenvalue weighted by atomic mass is 10.3. The highest BCUT2D eigenvalue weighted by Gasteiger charge is 2.11. The Bertz CT molecular complexity index is 804. The summed E-state index contributed by atoms with van der Waals surface area (Å²) in [4.78, 5) is 26.8. The van der Waals surface area contributed by atoms with Gasteiger partial charge in [0.2, 0.25) is 5.56 Å². The van der Waals surface area contributed by atoms with Crippen molar-refractivity contribution >= 4 is 17.2 Å². The highest BCUT2D eigenvalue weighted by molar-refractivity contribution is 7.13. The van der Waals surface area contributed by atoms with E-state index in [1.54, 1.807) is 29.5 Å². The molecular weight excluding hydrogens is 288 g/mol. The summed E-state index contributed by atoms with van der Waals surface area (Å²) in [6.07, 6.45) is 0. The fourth-order valence-electron chi connectivity index (χ4n) is 1.86. The Morgan fingerprint density at radius 3 is 2.95 bits per heavy atom.